The van der Waals surface area contributed by atoms with Gasteiger partial charge in [0.2, 0.25) is 0 Å². The van der Waals surface area contributed by atoms with Crippen molar-refractivity contribution in [2.24, 2.45) is 0 Å². The molecule has 0 heterocycles. The van der Waals surface area contributed by atoms with E-state index in [9.17, 15) is 4.79 Å². The minimum absolute atomic E-state index is 0.629. The van der Waals surface area contributed by atoms with Crippen LogP contribution in [0.4, 0.5) is 0 Å². The lowest BCUT2D eigenvalue weighted by molar-refractivity contribution is -0.108. The maximum Gasteiger partial charge on any atom is 0.141 e. The third-order valence-corrected chi connectivity index (χ3v) is 2.49. The number of hydrogen-bond donors (Lipinski definition) is 0. The molecular weight excluding hydrogens is 182 g/mol. The van der Waals surface area contributed by atoms with E-state index in [1.54, 1.807) is 11.8 Å². The van der Waals surface area contributed by atoms with Crippen molar-refractivity contribution in [2.75, 3.05) is 6.26 Å². The number of carbonyl (C=O) groups excluding carboxylic acids is 1. The van der Waals surface area contributed by atoms with E-state index >= 15 is 0 Å². The molecule has 1 atom stereocenters. The summed E-state index contributed by atoms with van der Waals surface area (Å²) in [5.74, 6) is -0.629. The minimum Gasteiger partial charge on any atom is -0.302 e. The lowest BCUT2D eigenvalue weighted by atomic mass is 10.0. The summed E-state index contributed by atoms with van der Waals surface area (Å²) in [5.41, 5.74) is 0.760. The molecule has 0 saturated carbocycles. The highest BCUT2D eigenvalue weighted by molar-refractivity contribution is 7.98. The van der Waals surface area contributed by atoms with Crippen LogP contribution in [-0.4, -0.2) is 12.5 Å². The molecule has 0 amide bonds. The number of hydrogen-bond acceptors (Lipinski definition) is 3. The zero-order chi connectivity index (χ0) is 9.68. The molecule has 1 rings (SSSR count). The van der Waals surface area contributed by atoms with E-state index in [2.05, 4.69) is 0 Å². The number of benzene rings is 1. The molecule has 2 nitrogen and oxygen atoms in total. The van der Waals surface area contributed by atoms with Crippen molar-refractivity contribution in [1.82, 2.24) is 0 Å². The third-order valence-electron chi connectivity index (χ3n) is 1.75. The molecule has 13 heavy (non-hydrogen) atoms. The lowest BCUT2D eigenvalue weighted by Gasteiger charge is -2.01. The molecule has 1 unspecified atom stereocenters. The van der Waals surface area contributed by atoms with E-state index in [-0.39, 0.29) is 0 Å². The number of thioether (sulfide) groups is 1. The van der Waals surface area contributed by atoms with Crippen LogP contribution in [-0.2, 0) is 4.79 Å². The Morgan fingerprint density at radius 2 is 2.08 bits per heavy atom. The van der Waals surface area contributed by atoms with Crippen molar-refractivity contribution >= 4 is 18.0 Å². The highest BCUT2D eigenvalue weighted by Crippen LogP contribution is 2.18. The van der Waals surface area contributed by atoms with Gasteiger partial charge in [-0.2, -0.15) is 5.26 Å². The van der Waals surface area contributed by atoms with Crippen LogP contribution in [0, 0.1) is 11.3 Å². The molecule has 66 valence electrons. The molecule has 0 aromatic heterocycles. The van der Waals surface area contributed by atoms with E-state index in [1.165, 1.54) is 0 Å². The molecule has 0 aliphatic rings. The first kappa shape index (κ1) is 9.82. The fourth-order valence-electron chi connectivity index (χ4n) is 0.995. The molecule has 0 aliphatic heterocycles. The van der Waals surface area contributed by atoms with Gasteiger partial charge in [0.05, 0.1) is 6.07 Å². The number of carbonyl (C=O) groups is 1. The molecule has 0 fully saturated rings. The third kappa shape index (κ3) is 2.33. The Kier molecular flexibility index (Phi) is 3.53. The molecule has 3 heteroatoms. The molecule has 0 bridgehead atoms. The fourth-order valence-corrected chi connectivity index (χ4v) is 1.40. The maximum atomic E-state index is 10.5. The predicted octanol–water partition coefficient (Wildman–Crippen LogP) is 2.21. The normalized spacial score (nSPS) is 11.7. The smallest absolute Gasteiger partial charge is 0.141 e. The van der Waals surface area contributed by atoms with Crippen molar-refractivity contribution in [3.05, 3.63) is 29.8 Å². The summed E-state index contributed by atoms with van der Waals surface area (Å²) < 4.78 is 0. The first-order chi connectivity index (χ1) is 6.31. The molecular formula is C10H9NOS. The summed E-state index contributed by atoms with van der Waals surface area (Å²) in [6.45, 7) is 0. The molecule has 0 saturated heterocycles. The van der Waals surface area contributed by atoms with E-state index in [0.29, 0.717) is 6.29 Å². The average molecular weight is 191 g/mol. The Bertz CT molecular complexity index is 326. The summed E-state index contributed by atoms with van der Waals surface area (Å²) in [5, 5.41) is 8.62. The number of rotatable bonds is 3. The number of aldehydes is 1. The van der Waals surface area contributed by atoms with Crippen molar-refractivity contribution in [3.8, 4) is 6.07 Å². The van der Waals surface area contributed by atoms with Gasteiger partial charge < -0.3 is 4.79 Å². The average Bonchev–Trinajstić information content (AvgIpc) is 2.21. The topological polar surface area (TPSA) is 40.9 Å². The summed E-state index contributed by atoms with van der Waals surface area (Å²) in [4.78, 5) is 11.6. The van der Waals surface area contributed by atoms with E-state index < -0.39 is 5.92 Å². The van der Waals surface area contributed by atoms with Crippen LogP contribution in [0.25, 0.3) is 0 Å². The van der Waals surface area contributed by atoms with Crippen molar-refractivity contribution in [2.45, 2.75) is 10.8 Å². The van der Waals surface area contributed by atoms with Gasteiger partial charge in [0.1, 0.15) is 12.2 Å². The predicted molar refractivity (Wildman–Crippen MR) is 52.6 cm³/mol. The zero-order valence-corrected chi connectivity index (χ0v) is 8.04. The minimum atomic E-state index is -0.629. The van der Waals surface area contributed by atoms with E-state index in [1.807, 2.05) is 36.6 Å². The van der Waals surface area contributed by atoms with Gasteiger partial charge in [0.25, 0.3) is 0 Å². The fraction of sp³-hybridized carbons (Fsp3) is 0.200. The second-order valence-electron chi connectivity index (χ2n) is 2.52. The van der Waals surface area contributed by atoms with Crippen molar-refractivity contribution < 1.29 is 4.79 Å². The maximum absolute atomic E-state index is 10.5. The highest BCUT2D eigenvalue weighted by atomic mass is 32.2. The Morgan fingerprint density at radius 1 is 1.46 bits per heavy atom. The van der Waals surface area contributed by atoms with Crippen LogP contribution in [0.2, 0.25) is 0 Å². The van der Waals surface area contributed by atoms with Gasteiger partial charge in [-0.05, 0) is 24.0 Å². The zero-order valence-electron chi connectivity index (χ0n) is 7.23. The van der Waals surface area contributed by atoms with E-state index in [0.717, 1.165) is 10.5 Å². The van der Waals surface area contributed by atoms with Crippen LogP contribution in [0.15, 0.2) is 29.2 Å². The second-order valence-corrected chi connectivity index (χ2v) is 3.40. The van der Waals surface area contributed by atoms with Gasteiger partial charge in [-0.15, -0.1) is 11.8 Å². The molecule has 0 radical (unpaired) electrons. The Morgan fingerprint density at radius 3 is 2.46 bits per heavy atom. The van der Waals surface area contributed by atoms with Gasteiger partial charge in [-0.1, -0.05) is 12.1 Å². The number of nitriles is 1. The quantitative estimate of drug-likeness (QED) is 0.543. The van der Waals surface area contributed by atoms with Crippen LogP contribution in [0.3, 0.4) is 0 Å². The van der Waals surface area contributed by atoms with Gasteiger partial charge in [-0.25, -0.2) is 0 Å². The van der Waals surface area contributed by atoms with Gasteiger partial charge in [0, 0.05) is 4.90 Å². The van der Waals surface area contributed by atoms with Gasteiger partial charge in [0.15, 0.2) is 0 Å². The lowest BCUT2D eigenvalue weighted by Crippen LogP contribution is -1.95. The largest absolute Gasteiger partial charge is 0.302 e. The first-order valence-corrected chi connectivity index (χ1v) is 5.03. The van der Waals surface area contributed by atoms with Gasteiger partial charge in [-0.3, -0.25) is 0 Å². The molecule has 0 spiro atoms. The first-order valence-electron chi connectivity index (χ1n) is 3.80. The Balaban J connectivity index is 2.92. The SMILES string of the molecule is CSc1ccc(C(C#N)C=O)cc1. The summed E-state index contributed by atoms with van der Waals surface area (Å²) in [6.07, 6.45) is 2.64. The molecule has 1 aromatic rings. The molecule has 1 aromatic carbocycles. The molecule has 0 aliphatic carbocycles. The summed E-state index contributed by atoms with van der Waals surface area (Å²) >= 11 is 1.63. The van der Waals surface area contributed by atoms with Crippen LogP contribution in [0.5, 0.6) is 0 Å². The van der Waals surface area contributed by atoms with Crippen LogP contribution < -0.4 is 0 Å². The monoisotopic (exact) mass is 191 g/mol. The van der Waals surface area contributed by atoms with Crippen LogP contribution in [0.1, 0.15) is 11.5 Å². The van der Waals surface area contributed by atoms with E-state index in [4.69, 9.17) is 5.26 Å². The Labute approximate surface area is 81.6 Å². The highest BCUT2D eigenvalue weighted by Gasteiger charge is 2.07. The Hall–Kier alpha value is -1.27. The van der Waals surface area contributed by atoms with Crippen molar-refractivity contribution in [1.29, 1.82) is 5.26 Å². The second kappa shape index (κ2) is 4.68. The summed E-state index contributed by atoms with van der Waals surface area (Å²) in [7, 11) is 0. The van der Waals surface area contributed by atoms with Crippen molar-refractivity contribution in [3.63, 3.8) is 0 Å². The standard InChI is InChI=1S/C10H9NOS/c1-13-10-4-2-8(3-5-10)9(6-11)7-12/h2-5,7,9H,1H3. The summed E-state index contributed by atoms with van der Waals surface area (Å²) in [6, 6.07) is 9.38. The van der Waals surface area contributed by atoms with Crippen LogP contribution >= 0.6 is 11.8 Å². The van der Waals surface area contributed by atoms with Gasteiger partial charge >= 0.3 is 0 Å². The molecule has 0 N–H and O–H groups in total. The number of nitrogens with zero attached hydrogens (tertiary/aromatic N) is 1.